The predicted octanol–water partition coefficient (Wildman–Crippen LogP) is -3.91. The van der Waals surface area contributed by atoms with Gasteiger partial charge in [0, 0.05) is 0 Å². The van der Waals surface area contributed by atoms with Crippen molar-refractivity contribution in [3.8, 4) is 0 Å². The van der Waals surface area contributed by atoms with Gasteiger partial charge in [0.15, 0.2) is 18.5 Å². The molecule has 1 amide bonds. The number of carbonyl (C=O) groups is 2. The monoisotopic (exact) mass is 191 g/mol. The Hall–Kier alpha value is -1.02. The number of aldehydes is 1. The number of aliphatic hydroxyl groups excluding tert-OH is 3. The van der Waals surface area contributed by atoms with Crippen LogP contribution in [0.1, 0.15) is 0 Å². The fourth-order valence-corrected chi connectivity index (χ4v) is 1.08. The van der Waals surface area contributed by atoms with Gasteiger partial charge in [0.25, 0.3) is 5.91 Å². The molecule has 5 N–H and O–H groups in total. The van der Waals surface area contributed by atoms with Crippen LogP contribution in [0.25, 0.3) is 0 Å². The van der Waals surface area contributed by atoms with Crippen LogP contribution in [-0.4, -0.2) is 56.7 Å². The molecule has 0 aliphatic carbocycles. The van der Waals surface area contributed by atoms with Gasteiger partial charge in [0.2, 0.25) is 5.72 Å². The molecule has 7 nitrogen and oxygen atoms in total. The van der Waals surface area contributed by atoms with E-state index in [0.717, 1.165) is 0 Å². The second kappa shape index (κ2) is 3.04. The minimum Gasteiger partial charge on any atom is -0.385 e. The molecule has 0 saturated carbocycles. The molecule has 13 heavy (non-hydrogen) atoms. The largest absolute Gasteiger partial charge is 0.385 e. The molecule has 1 aliphatic rings. The summed E-state index contributed by atoms with van der Waals surface area (Å²) in [5, 5.41) is 38.0. The van der Waals surface area contributed by atoms with Crippen molar-refractivity contribution in [2.75, 3.05) is 0 Å². The molecule has 0 aromatic heterocycles. The highest BCUT2D eigenvalue weighted by atomic mass is 16.4. The highest BCUT2D eigenvalue weighted by molar-refractivity contribution is 5.85. The van der Waals surface area contributed by atoms with Gasteiger partial charge in [-0.15, -0.1) is 0 Å². The molecule has 7 heteroatoms. The van der Waals surface area contributed by atoms with E-state index in [-0.39, 0.29) is 6.29 Å². The molecule has 1 rings (SSSR count). The quantitative estimate of drug-likeness (QED) is 0.284. The van der Waals surface area contributed by atoms with E-state index < -0.39 is 29.9 Å². The van der Waals surface area contributed by atoms with Crippen LogP contribution < -0.4 is 5.32 Å². The second-order valence-corrected chi connectivity index (χ2v) is 2.79. The van der Waals surface area contributed by atoms with Crippen molar-refractivity contribution >= 4 is 12.2 Å². The van der Waals surface area contributed by atoms with Crippen molar-refractivity contribution in [2.24, 2.45) is 0 Å². The Balaban J connectivity index is 2.93. The van der Waals surface area contributed by atoms with Gasteiger partial charge < -0.3 is 30.5 Å². The van der Waals surface area contributed by atoms with Gasteiger partial charge in [-0.25, -0.2) is 0 Å². The highest BCUT2D eigenvalue weighted by Gasteiger charge is 2.55. The lowest BCUT2D eigenvalue weighted by Gasteiger charge is -2.27. The number of amides is 1. The topological polar surface area (TPSA) is 127 Å². The third-order valence-corrected chi connectivity index (χ3v) is 1.92. The average Bonchev–Trinajstić information content (AvgIpc) is 2.30. The first-order valence-corrected chi connectivity index (χ1v) is 3.47. The number of nitrogens with one attached hydrogen (secondary N) is 1. The van der Waals surface area contributed by atoms with Gasteiger partial charge in [0.1, 0.15) is 6.10 Å². The van der Waals surface area contributed by atoms with Crippen LogP contribution in [0.5, 0.6) is 0 Å². The molecule has 1 fully saturated rings. The van der Waals surface area contributed by atoms with Crippen molar-refractivity contribution in [3.63, 3.8) is 0 Å². The zero-order valence-corrected chi connectivity index (χ0v) is 6.41. The van der Waals surface area contributed by atoms with Crippen molar-refractivity contribution in [3.05, 3.63) is 0 Å². The molecule has 0 spiro atoms. The minimum atomic E-state index is -2.50. The lowest BCUT2D eigenvalue weighted by atomic mass is 10.0. The van der Waals surface area contributed by atoms with Crippen molar-refractivity contribution < 1.29 is 30.0 Å². The minimum absolute atomic E-state index is 0.0540. The number of carbonyl (C=O) groups excluding carboxylic acids is 2. The zero-order valence-electron chi connectivity index (χ0n) is 6.41. The van der Waals surface area contributed by atoms with Crippen LogP contribution in [0.3, 0.4) is 0 Å². The summed E-state index contributed by atoms with van der Waals surface area (Å²) in [4.78, 5) is 20.8. The average molecular weight is 191 g/mol. The zero-order chi connectivity index (χ0) is 10.2. The van der Waals surface area contributed by atoms with Crippen LogP contribution in [0.4, 0.5) is 0 Å². The fourth-order valence-electron chi connectivity index (χ4n) is 1.08. The number of hydrogen-bond donors (Lipinski definition) is 5. The maximum atomic E-state index is 10.7. The summed E-state index contributed by atoms with van der Waals surface area (Å²) in [6.07, 6.45) is -5.81. The van der Waals surface area contributed by atoms with Crippen LogP contribution >= 0.6 is 0 Å². The summed E-state index contributed by atoms with van der Waals surface area (Å²) in [5.74, 6) is -1.05. The van der Waals surface area contributed by atoms with Crippen molar-refractivity contribution in [1.82, 2.24) is 5.32 Å². The molecule has 74 valence electrons. The van der Waals surface area contributed by atoms with E-state index in [2.05, 4.69) is 0 Å². The molecule has 0 radical (unpaired) electrons. The Kier molecular flexibility index (Phi) is 2.35. The lowest BCUT2D eigenvalue weighted by Crippen LogP contribution is -2.59. The van der Waals surface area contributed by atoms with Crippen LogP contribution in [0, 0.1) is 0 Å². The molecule has 1 aliphatic heterocycles. The second-order valence-electron chi connectivity index (χ2n) is 2.79. The Morgan fingerprint density at radius 2 is 2.08 bits per heavy atom. The van der Waals surface area contributed by atoms with E-state index in [4.69, 9.17) is 15.3 Å². The van der Waals surface area contributed by atoms with Gasteiger partial charge in [-0.1, -0.05) is 0 Å². The van der Waals surface area contributed by atoms with Gasteiger partial charge in [-0.3, -0.25) is 4.79 Å². The third kappa shape index (κ3) is 1.31. The van der Waals surface area contributed by atoms with Gasteiger partial charge in [-0.2, -0.15) is 0 Å². The summed E-state index contributed by atoms with van der Waals surface area (Å²) in [7, 11) is 0. The molecule has 0 aromatic rings. The van der Waals surface area contributed by atoms with Gasteiger partial charge in [0.05, 0.1) is 0 Å². The smallest absolute Gasteiger partial charge is 0.254 e. The first kappa shape index (κ1) is 10.1. The first-order chi connectivity index (χ1) is 5.93. The Bertz CT molecular complexity index is 243. The van der Waals surface area contributed by atoms with Gasteiger partial charge >= 0.3 is 0 Å². The van der Waals surface area contributed by atoms with E-state index in [1.54, 1.807) is 5.32 Å². The highest BCUT2D eigenvalue weighted by Crippen LogP contribution is 2.21. The summed E-state index contributed by atoms with van der Waals surface area (Å²) < 4.78 is 0. The Morgan fingerprint density at radius 1 is 1.54 bits per heavy atom. The SMILES string of the molecule is O=C[C@H](O)[C@]1(O)NC(=O)[C@@H](O)[C@H]1O. The molecule has 1 saturated heterocycles. The molecular weight excluding hydrogens is 182 g/mol. The number of rotatable bonds is 2. The van der Waals surface area contributed by atoms with E-state index >= 15 is 0 Å². The lowest BCUT2D eigenvalue weighted by molar-refractivity contribution is -0.162. The van der Waals surface area contributed by atoms with Crippen LogP contribution in [-0.2, 0) is 9.59 Å². The predicted molar refractivity (Wildman–Crippen MR) is 37.2 cm³/mol. The summed E-state index contributed by atoms with van der Waals surface area (Å²) in [6, 6.07) is 0. The molecule has 0 bridgehead atoms. The van der Waals surface area contributed by atoms with Crippen molar-refractivity contribution in [2.45, 2.75) is 24.0 Å². The number of hydrogen-bond acceptors (Lipinski definition) is 6. The Labute approximate surface area is 72.6 Å². The van der Waals surface area contributed by atoms with Crippen molar-refractivity contribution in [1.29, 1.82) is 0 Å². The fraction of sp³-hybridized carbons (Fsp3) is 0.667. The van der Waals surface area contributed by atoms with E-state index in [9.17, 15) is 14.7 Å². The summed E-state index contributed by atoms with van der Waals surface area (Å²) in [6.45, 7) is 0. The number of aliphatic hydroxyl groups is 4. The van der Waals surface area contributed by atoms with E-state index in [0.29, 0.717) is 0 Å². The van der Waals surface area contributed by atoms with Crippen LogP contribution in [0.2, 0.25) is 0 Å². The first-order valence-electron chi connectivity index (χ1n) is 3.47. The van der Waals surface area contributed by atoms with Gasteiger partial charge in [-0.05, 0) is 0 Å². The molecular formula is C6H9NO6. The van der Waals surface area contributed by atoms with E-state index in [1.165, 1.54) is 0 Å². The Morgan fingerprint density at radius 3 is 2.38 bits per heavy atom. The standard InChI is InChI=1S/C6H9NO6/c8-1-2(9)6(13)4(11)3(10)5(12)7-6/h1-4,9-11,13H,(H,7,12)/t2-,3-,4+,6+/m0/s1. The maximum Gasteiger partial charge on any atom is 0.254 e. The van der Waals surface area contributed by atoms with Crippen LogP contribution in [0.15, 0.2) is 0 Å². The summed E-state index contributed by atoms with van der Waals surface area (Å²) in [5.41, 5.74) is -2.50. The molecule has 0 aromatic carbocycles. The van der Waals surface area contributed by atoms with E-state index in [1.807, 2.05) is 0 Å². The third-order valence-electron chi connectivity index (χ3n) is 1.92. The molecule has 0 unspecified atom stereocenters. The normalized spacial score (nSPS) is 41.4. The molecule has 4 atom stereocenters. The summed E-state index contributed by atoms with van der Waals surface area (Å²) >= 11 is 0. The maximum absolute atomic E-state index is 10.7. The molecule has 1 heterocycles.